The summed E-state index contributed by atoms with van der Waals surface area (Å²) in [6, 6.07) is 16.6. The molecule has 5 rings (SSSR count). The van der Waals surface area contributed by atoms with Gasteiger partial charge in [-0.15, -0.1) is 5.10 Å². The summed E-state index contributed by atoms with van der Waals surface area (Å²) in [5.41, 5.74) is 2.19. The van der Waals surface area contributed by atoms with E-state index >= 15 is 0 Å². The Bertz CT molecular complexity index is 1260. The van der Waals surface area contributed by atoms with Crippen molar-refractivity contribution < 1.29 is 13.6 Å². The van der Waals surface area contributed by atoms with E-state index in [2.05, 4.69) is 25.5 Å². The molecule has 3 aromatic heterocycles. The SMILES string of the molecule is O=C(Nc1nnc(-c2cc3ccccc3o2)o1)c1cnc2ccccc2n1. The summed E-state index contributed by atoms with van der Waals surface area (Å²) in [5, 5.41) is 11.2. The lowest BCUT2D eigenvalue weighted by Crippen LogP contribution is -2.14. The molecular formula is C19H11N5O3. The van der Waals surface area contributed by atoms with Gasteiger partial charge in [-0.05, 0) is 24.3 Å². The van der Waals surface area contributed by atoms with Crippen LogP contribution in [0.1, 0.15) is 10.5 Å². The van der Waals surface area contributed by atoms with Gasteiger partial charge in [0.1, 0.15) is 11.3 Å². The molecule has 0 aliphatic rings. The van der Waals surface area contributed by atoms with E-state index < -0.39 is 5.91 Å². The predicted molar refractivity (Wildman–Crippen MR) is 97.0 cm³/mol. The summed E-state index contributed by atoms with van der Waals surface area (Å²) in [5.74, 6) is 0.105. The third-order valence-electron chi connectivity index (χ3n) is 3.96. The van der Waals surface area contributed by atoms with Crippen molar-refractivity contribution in [1.29, 1.82) is 0 Å². The first kappa shape index (κ1) is 15.2. The van der Waals surface area contributed by atoms with Crippen LogP contribution < -0.4 is 5.32 Å². The number of nitrogens with one attached hydrogen (secondary N) is 1. The summed E-state index contributed by atoms with van der Waals surface area (Å²) < 4.78 is 11.2. The third kappa shape index (κ3) is 2.78. The van der Waals surface area contributed by atoms with E-state index in [9.17, 15) is 4.79 Å². The number of carbonyl (C=O) groups excluding carboxylic acids is 1. The number of hydrogen-bond acceptors (Lipinski definition) is 7. The highest BCUT2D eigenvalue weighted by molar-refractivity contribution is 6.02. The number of para-hydroxylation sites is 3. The summed E-state index contributed by atoms with van der Waals surface area (Å²) in [6.45, 7) is 0. The van der Waals surface area contributed by atoms with Crippen LogP contribution in [0.3, 0.4) is 0 Å². The maximum absolute atomic E-state index is 12.4. The number of nitrogens with zero attached hydrogens (tertiary/aromatic N) is 4. The highest BCUT2D eigenvalue weighted by Gasteiger charge is 2.17. The van der Waals surface area contributed by atoms with Gasteiger partial charge in [0.25, 0.3) is 11.8 Å². The standard InChI is InChI=1S/C19H11N5O3/c25-17(14-10-20-12-6-2-3-7-13(12)21-14)22-19-24-23-18(27-19)16-9-11-5-1-4-8-15(11)26-16/h1-10H,(H,22,24,25). The van der Waals surface area contributed by atoms with Crippen LogP contribution in [0, 0.1) is 0 Å². The van der Waals surface area contributed by atoms with Gasteiger partial charge in [-0.2, -0.15) is 0 Å². The van der Waals surface area contributed by atoms with Crippen molar-refractivity contribution in [3.63, 3.8) is 0 Å². The predicted octanol–water partition coefficient (Wildman–Crippen LogP) is 3.68. The lowest BCUT2D eigenvalue weighted by atomic mass is 10.2. The lowest BCUT2D eigenvalue weighted by Gasteiger charge is -2.01. The molecule has 3 heterocycles. The van der Waals surface area contributed by atoms with E-state index in [1.165, 1.54) is 6.20 Å². The quantitative estimate of drug-likeness (QED) is 0.525. The molecule has 0 fully saturated rings. The Morgan fingerprint density at radius 1 is 0.926 bits per heavy atom. The van der Waals surface area contributed by atoms with E-state index in [1.807, 2.05) is 42.5 Å². The molecule has 0 saturated carbocycles. The molecule has 1 amide bonds. The second-order valence-corrected chi connectivity index (χ2v) is 5.76. The monoisotopic (exact) mass is 357 g/mol. The van der Waals surface area contributed by atoms with Crippen LogP contribution >= 0.6 is 0 Å². The molecule has 0 unspecified atom stereocenters. The fraction of sp³-hybridized carbons (Fsp3) is 0. The molecule has 0 atom stereocenters. The van der Waals surface area contributed by atoms with Crippen molar-refractivity contribution in [2.45, 2.75) is 0 Å². The van der Waals surface area contributed by atoms with Crippen molar-refractivity contribution in [3.8, 4) is 11.7 Å². The van der Waals surface area contributed by atoms with Gasteiger partial charge in [0, 0.05) is 5.39 Å². The van der Waals surface area contributed by atoms with Gasteiger partial charge in [-0.25, -0.2) is 4.98 Å². The molecule has 130 valence electrons. The van der Waals surface area contributed by atoms with Gasteiger partial charge < -0.3 is 8.83 Å². The van der Waals surface area contributed by atoms with Crippen molar-refractivity contribution in [1.82, 2.24) is 20.2 Å². The van der Waals surface area contributed by atoms with E-state index in [0.29, 0.717) is 22.4 Å². The van der Waals surface area contributed by atoms with Crippen molar-refractivity contribution >= 4 is 33.9 Å². The first-order valence-corrected chi connectivity index (χ1v) is 8.12. The van der Waals surface area contributed by atoms with E-state index in [-0.39, 0.29) is 17.6 Å². The van der Waals surface area contributed by atoms with E-state index in [4.69, 9.17) is 8.83 Å². The van der Waals surface area contributed by atoms with Crippen LogP contribution in [0.15, 0.2) is 69.6 Å². The lowest BCUT2D eigenvalue weighted by molar-refractivity contribution is 0.101. The summed E-state index contributed by atoms with van der Waals surface area (Å²) >= 11 is 0. The van der Waals surface area contributed by atoms with Crippen LogP contribution in [0.2, 0.25) is 0 Å². The number of benzene rings is 2. The number of aromatic nitrogens is 4. The smallest absolute Gasteiger partial charge is 0.322 e. The molecule has 0 bridgehead atoms. The van der Waals surface area contributed by atoms with Gasteiger partial charge in [-0.1, -0.05) is 35.4 Å². The Morgan fingerprint density at radius 3 is 2.63 bits per heavy atom. The number of amides is 1. The highest BCUT2D eigenvalue weighted by atomic mass is 16.4. The minimum atomic E-state index is -0.493. The maximum Gasteiger partial charge on any atom is 0.322 e. The van der Waals surface area contributed by atoms with E-state index in [0.717, 1.165) is 5.39 Å². The molecule has 8 nitrogen and oxygen atoms in total. The van der Waals surface area contributed by atoms with Crippen LogP contribution in [0.4, 0.5) is 6.01 Å². The van der Waals surface area contributed by atoms with Crippen molar-refractivity contribution in [2.75, 3.05) is 5.32 Å². The third-order valence-corrected chi connectivity index (χ3v) is 3.96. The van der Waals surface area contributed by atoms with E-state index in [1.54, 1.807) is 12.1 Å². The zero-order valence-electron chi connectivity index (χ0n) is 13.8. The Morgan fingerprint density at radius 2 is 1.74 bits per heavy atom. The van der Waals surface area contributed by atoms with Gasteiger partial charge >= 0.3 is 6.01 Å². The number of hydrogen-bond donors (Lipinski definition) is 1. The topological polar surface area (TPSA) is 107 Å². The Kier molecular flexibility index (Phi) is 3.39. The summed E-state index contributed by atoms with van der Waals surface area (Å²) in [6.07, 6.45) is 1.40. The number of rotatable bonds is 3. The Hall–Kier alpha value is -4.07. The average Bonchev–Trinajstić information content (AvgIpc) is 3.34. The molecule has 0 radical (unpaired) electrons. The largest absolute Gasteiger partial charge is 0.451 e. The van der Waals surface area contributed by atoms with Crippen LogP contribution in [-0.4, -0.2) is 26.1 Å². The molecule has 0 saturated heterocycles. The zero-order chi connectivity index (χ0) is 18.2. The average molecular weight is 357 g/mol. The minimum absolute atomic E-state index is 0.0505. The maximum atomic E-state index is 12.4. The second-order valence-electron chi connectivity index (χ2n) is 5.76. The van der Waals surface area contributed by atoms with Gasteiger partial charge in [-0.3, -0.25) is 15.1 Å². The number of anilines is 1. The first-order chi connectivity index (χ1) is 13.3. The molecular weight excluding hydrogens is 346 g/mol. The van der Waals surface area contributed by atoms with Gasteiger partial charge in [0.2, 0.25) is 0 Å². The second kappa shape index (κ2) is 6.03. The van der Waals surface area contributed by atoms with Crippen molar-refractivity contribution in [3.05, 3.63) is 66.5 Å². The summed E-state index contributed by atoms with van der Waals surface area (Å²) in [7, 11) is 0. The number of carbonyl (C=O) groups is 1. The molecule has 27 heavy (non-hydrogen) atoms. The normalized spacial score (nSPS) is 11.1. The number of fused-ring (bicyclic) bond motifs is 2. The summed E-state index contributed by atoms with van der Waals surface area (Å²) in [4.78, 5) is 20.9. The molecule has 0 spiro atoms. The Balaban J connectivity index is 1.39. The number of furan rings is 1. The van der Waals surface area contributed by atoms with Crippen LogP contribution in [-0.2, 0) is 0 Å². The molecule has 5 aromatic rings. The molecule has 1 N–H and O–H groups in total. The molecule has 0 aliphatic carbocycles. The fourth-order valence-electron chi connectivity index (χ4n) is 2.69. The zero-order valence-corrected chi connectivity index (χ0v) is 13.8. The van der Waals surface area contributed by atoms with Crippen LogP contribution in [0.5, 0.6) is 0 Å². The van der Waals surface area contributed by atoms with Crippen molar-refractivity contribution in [2.24, 2.45) is 0 Å². The minimum Gasteiger partial charge on any atom is -0.451 e. The first-order valence-electron chi connectivity index (χ1n) is 8.12. The van der Waals surface area contributed by atoms with Gasteiger partial charge in [0.05, 0.1) is 17.2 Å². The molecule has 8 heteroatoms. The Labute approximate surface area is 151 Å². The fourth-order valence-corrected chi connectivity index (χ4v) is 2.69. The molecule has 2 aromatic carbocycles. The van der Waals surface area contributed by atoms with Crippen LogP contribution in [0.25, 0.3) is 33.7 Å². The molecule has 0 aliphatic heterocycles. The van der Waals surface area contributed by atoms with Gasteiger partial charge in [0.15, 0.2) is 5.76 Å². The highest BCUT2D eigenvalue weighted by Crippen LogP contribution is 2.27.